The Labute approximate surface area is 152 Å². The number of fused-ring (bicyclic) bond motifs is 1. The number of hydrogen-bond acceptors (Lipinski definition) is 4. The fourth-order valence-corrected chi connectivity index (χ4v) is 4.04. The topological polar surface area (TPSA) is 65.4 Å². The van der Waals surface area contributed by atoms with Crippen molar-refractivity contribution in [2.75, 3.05) is 6.61 Å². The number of carbonyl (C=O) groups is 1. The van der Waals surface area contributed by atoms with Crippen molar-refractivity contribution in [1.82, 2.24) is 3.97 Å². The fourth-order valence-electron chi connectivity index (χ4n) is 2.69. The monoisotopic (exact) mass is 369 g/mol. The van der Waals surface area contributed by atoms with Gasteiger partial charge in [0.05, 0.1) is 17.0 Å². The Morgan fingerprint density at radius 1 is 1.12 bits per heavy atom. The molecule has 0 unspecified atom stereocenters. The molecule has 0 aliphatic rings. The lowest BCUT2D eigenvalue weighted by Gasteiger charge is -2.08. The van der Waals surface area contributed by atoms with Crippen molar-refractivity contribution < 1.29 is 17.9 Å². The average molecular weight is 369 g/mol. The zero-order valence-corrected chi connectivity index (χ0v) is 15.4. The number of aromatic nitrogens is 1. The predicted molar refractivity (Wildman–Crippen MR) is 101 cm³/mol. The van der Waals surface area contributed by atoms with Gasteiger partial charge in [-0.05, 0) is 49.8 Å². The van der Waals surface area contributed by atoms with E-state index in [1.54, 1.807) is 55.5 Å². The molecule has 0 aliphatic heterocycles. The molecule has 6 heteroatoms. The molecule has 0 N–H and O–H groups in total. The standard InChI is InChI=1S/C20H19NO4S/c1-3-25-20(22)12-9-16-5-4-6-19-18(16)13-14-21(19)26(23,24)17-10-7-15(2)8-11-17/h4-14H,3H2,1-2H3. The van der Waals surface area contributed by atoms with E-state index in [0.717, 1.165) is 16.5 Å². The van der Waals surface area contributed by atoms with E-state index in [1.807, 2.05) is 13.0 Å². The molecule has 134 valence electrons. The zero-order valence-electron chi connectivity index (χ0n) is 14.5. The number of nitrogens with zero attached hydrogens (tertiary/aromatic N) is 1. The molecular weight excluding hydrogens is 350 g/mol. The SMILES string of the molecule is CCOC(=O)C=Cc1cccc2c1ccn2S(=O)(=O)c1ccc(C)cc1. The largest absolute Gasteiger partial charge is 0.463 e. The maximum Gasteiger partial charge on any atom is 0.330 e. The Hall–Kier alpha value is -2.86. The first kappa shape index (κ1) is 17.9. The summed E-state index contributed by atoms with van der Waals surface area (Å²) in [6.07, 6.45) is 4.49. The van der Waals surface area contributed by atoms with E-state index < -0.39 is 16.0 Å². The van der Waals surface area contributed by atoms with E-state index in [9.17, 15) is 13.2 Å². The van der Waals surface area contributed by atoms with Gasteiger partial charge in [-0.15, -0.1) is 0 Å². The smallest absolute Gasteiger partial charge is 0.330 e. The second kappa shape index (κ2) is 7.17. The van der Waals surface area contributed by atoms with Gasteiger partial charge in [-0.25, -0.2) is 17.2 Å². The lowest BCUT2D eigenvalue weighted by atomic mass is 10.1. The molecule has 5 nitrogen and oxygen atoms in total. The summed E-state index contributed by atoms with van der Waals surface area (Å²) in [5, 5.41) is 0.740. The quantitative estimate of drug-likeness (QED) is 0.507. The van der Waals surface area contributed by atoms with Crippen LogP contribution in [0.4, 0.5) is 0 Å². The summed E-state index contributed by atoms with van der Waals surface area (Å²) in [5.74, 6) is -0.434. The van der Waals surface area contributed by atoms with Crippen LogP contribution >= 0.6 is 0 Å². The maximum absolute atomic E-state index is 13.0. The number of carbonyl (C=O) groups excluding carboxylic acids is 1. The molecule has 26 heavy (non-hydrogen) atoms. The van der Waals surface area contributed by atoms with Gasteiger partial charge in [0.1, 0.15) is 0 Å². The van der Waals surface area contributed by atoms with Crippen LogP contribution in [0.5, 0.6) is 0 Å². The minimum absolute atomic E-state index is 0.230. The third kappa shape index (κ3) is 3.41. The molecule has 3 aromatic rings. The number of hydrogen-bond donors (Lipinski definition) is 0. The Balaban J connectivity index is 2.06. The van der Waals surface area contributed by atoms with E-state index in [2.05, 4.69) is 0 Å². The van der Waals surface area contributed by atoms with E-state index in [4.69, 9.17) is 4.74 Å². The number of aryl methyl sites for hydroxylation is 1. The van der Waals surface area contributed by atoms with Gasteiger partial charge in [0.15, 0.2) is 0 Å². The molecule has 1 aromatic heterocycles. The summed E-state index contributed by atoms with van der Waals surface area (Å²) in [5.41, 5.74) is 2.29. The van der Waals surface area contributed by atoms with Crippen LogP contribution in [0.3, 0.4) is 0 Å². The van der Waals surface area contributed by atoms with Gasteiger partial charge in [-0.2, -0.15) is 0 Å². The lowest BCUT2D eigenvalue weighted by Crippen LogP contribution is -2.11. The molecule has 0 spiro atoms. The van der Waals surface area contributed by atoms with Crippen LogP contribution in [-0.2, 0) is 19.6 Å². The third-order valence-electron chi connectivity index (χ3n) is 3.99. The molecule has 0 saturated heterocycles. The van der Waals surface area contributed by atoms with Gasteiger partial charge >= 0.3 is 5.97 Å². The molecule has 0 fully saturated rings. The van der Waals surface area contributed by atoms with Gasteiger partial charge in [0.2, 0.25) is 0 Å². The molecule has 3 rings (SSSR count). The second-order valence-corrected chi connectivity index (χ2v) is 7.61. The van der Waals surface area contributed by atoms with E-state index >= 15 is 0 Å². The van der Waals surface area contributed by atoms with Crippen molar-refractivity contribution in [2.24, 2.45) is 0 Å². The van der Waals surface area contributed by atoms with Crippen LogP contribution in [0, 0.1) is 6.92 Å². The summed E-state index contributed by atoms with van der Waals surface area (Å²) in [6.45, 7) is 3.95. The fraction of sp³-hybridized carbons (Fsp3) is 0.150. The van der Waals surface area contributed by atoms with Crippen LogP contribution < -0.4 is 0 Å². The molecule has 2 aromatic carbocycles. The second-order valence-electron chi connectivity index (χ2n) is 5.80. The van der Waals surface area contributed by atoms with E-state index in [-0.39, 0.29) is 4.90 Å². The normalized spacial score (nSPS) is 11.9. The van der Waals surface area contributed by atoms with Crippen molar-refractivity contribution in [2.45, 2.75) is 18.7 Å². The van der Waals surface area contributed by atoms with Gasteiger partial charge < -0.3 is 4.74 Å². The summed E-state index contributed by atoms with van der Waals surface area (Å²) < 4.78 is 32.0. The molecule has 0 bridgehead atoms. The highest BCUT2D eigenvalue weighted by Gasteiger charge is 2.19. The van der Waals surface area contributed by atoms with Crippen molar-refractivity contribution in [1.29, 1.82) is 0 Å². The van der Waals surface area contributed by atoms with Crippen molar-refractivity contribution in [3.63, 3.8) is 0 Å². The van der Waals surface area contributed by atoms with Crippen LogP contribution in [-0.4, -0.2) is 25.0 Å². The first-order valence-corrected chi connectivity index (χ1v) is 9.64. The molecule has 0 radical (unpaired) electrons. The van der Waals surface area contributed by atoms with Gasteiger partial charge in [-0.1, -0.05) is 29.8 Å². The number of rotatable bonds is 5. The summed E-state index contributed by atoms with van der Waals surface area (Å²) >= 11 is 0. The first-order valence-electron chi connectivity index (χ1n) is 8.20. The highest BCUT2D eigenvalue weighted by atomic mass is 32.2. The van der Waals surface area contributed by atoms with Crippen molar-refractivity contribution in [3.8, 4) is 0 Å². The van der Waals surface area contributed by atoms with Crippen molar-refractivity contribution in [3.05, 3.63) is 71.9 Å². The number of esters is 1. The Morgan fingerprint density at radius 3 is 2.54 bits per heavy atom. The average Bonchev–Trinajstić information content (AvgIpc) is 3.06. The maximum atomic E-state index is 13.0. The van der Waals surface area contributed by atoms with Gasteiger partial charge in [0.25, 0.3) is 10.0 Å². The first-order chi connectivity index (χ1) is 12.4. The predicted octanol–water partition coefficient (Wildman–Crippen LogP) is 3.76. The molecular formula is C20H19NO4S. The Bertz CT molecular complexity index is 1080. The highest BCUT2D eigenvalue weighted by molar-refractivity contribution is 7.90. The van der Waals surface area contributed by atoms with Crippen molar-refractivity contribution >= 4 is 33.0 Å². The van der Waals surface area contributed by atoms with Gasteiger partial charge in [-0.3, -0.25) is 0 Å². The van der Waals surface area contributed by atoms with E-state index in [1.165, 1.54) is 16.2 Å². The summed E-state index contributed by atoms with van der Waals surface area (Å²) in [7, 11) is -3.69. The lowest BCUT2D eigenvalue weighted by molar-refractivity contribution is -0.137. The molecule has 0 saturated carbocycles. The van der Waals surface area contributed by atoms with E-state index in [0.29, 0.717) is 12.1 Å². The number of benzene rings is 2. The Kier molecular flexibility index (Phi) is 4.95. The molecule has 0 aliphatic carbocycles. The summed E-state index contributed by atoms with van der Waals surface area (Å²) in [6, 6.07) is 13.8. The highest BCUT2D eigenvalue weighted by Crippen LogP contribution is 2.25. The Morgan fingerprint density at radius 2 is 1.85 bits per heavy atom. The minimum atomic E-state index is -3.69. The van der Waals surface area contributed by atoms with Crippen LogP contribution in [0.1, 0.15) is 18.1 Å². The molecule has 1 heterocycles. The minimum Gasteiger partial charge on any atom is -0.463 e. The molecule has 0 amide bonds. The number of ether oxygens (including phenoxy) is 1. The van der Waals surface area contributed by atoms with Gasteiger partial charge in [0, 0.05) is 17.7 Å². The molecule has 0 atom stereocenters. The zero-order chi connectivity index (χ0) is 18.7. The van der Waals surface area contributed by atoms with Crippen LogP contribution in [0.25, 0.3) is 17.0 Å². The van der Waals surface area contributed by atoms with Crippen LogP contribution in [0.2, 0.25) is 0 Å². The third-order valence-corrected chi connectivity index (χ3v) is 5.70. The summed E-state index contributed by atoms with van der Waals surface area (Å²) in [4.78, 5) is 11.7. The van der Waals surface area contributed by atoms with Crippen LogP contribution in [0.15, 0.2) is 65.7 Å².